The van der Waals surface area contributed by atoms with Crippen LogP contribution in [0.1, 0.15) is 135 Å². The number of nitrogens with zero attached hydrogens (tertiary/aromatic N) is 4. The number of primary amides is 1. The van der Waals surface area contributed by atoms with Gasteiger partial charge in [0.1, 0.15) is 23.8 Å². The molecule has 2 aromatic rings. The van der Waals surface area contributed by atoms with E-state index in [0.717, 1.165) is 61.9 Å². The molecule has 0 spiro atoms. The van der Waals surface area contributed by atoms with Crippen molar-refractivity contribution < 1.29 is 37.1 Å². The minimum atomic E-state index is -3.64. The number of nitrogens with one attached hydrogen (secondary N) is 2. The maximum absolute atomic E-state index is 14.2. The number of hydrogen-bond donors (Lipinski definition) is 3. The Balaban J connectivity index is 1.07. The summed E-state index contributed by atoms with van der Waals surface area (Å²) in [7, 11) is -3.64. The highest BCUT2D eigenvalue weighted by Crippen LogP contribution is 2.44. The number of ether oxygens (including phenoxy) is 2. The van der Waals surface area contributed by atoms with Gasteiger partial charge in [0.15, 0.2) is 10.8 Å². The highest BCUT2D eigenvalue weighted by atomic mass is 32.2. The summed E-state index contributed by atoms with van der Waals surface area (Å²) in [4.78, 5) is 68.4. The smallest absolute Gasteiger partial charge is 0.408 e. The van der Waals surface area contributed by atoms with Crippen molar-refractivity contribution >= 4 is 45.2 Å². The van der Waals surface area contributed by atoms with E-state index >= 15 is 0 Å². The number of aryl methyl sites for hydroxylation is 1. The van der Waals surface area contributed by atoms with Gasteiger partial charge in [0, 0.05) is 23.3 Å². The first kappa shape index (κ1) is 43.5. The third kappa shape index (κ3) is 10.7. The fourth-order valence-corrected chi connectivity index (χ4v) is 9.65. The molecule has 4 aliphatic rings. The zero-order valence-electron chi connectivity index (χ0n) is 34.5. The molecule has 0 aromatic carbocycles. The SMILES string of the molecule is CC(C)c1csc(-c2nc3c(c(OC4CC(C(N)=O)N(C(=O)C(CCCCCC=CC5CC5C(=O)NS(=O)(=O)C5(C)CC5)NC(=O)OC(C)(C)C)C4)n2)CCCC3)n1. The van der Waals surface area contributed by atoms with E-state index in [2.05, 4.69) is 23.9 Å². The molecular formula is C41H59N7O8S2. The lowest BCUT2D eigenvalue weighted by Crippen LogP contribution is -2.53. The molecule has 58 heavy (non-hydrogen) atoms. The van der Waals surface area contributed by atoms with Crippen molar-refractivity contribution in [1.82, 2.24) is 29.9 Å². The van der Waals surface area contributed by atoms with E-state index in [1.165, 1.54) is 16.2 Å². The Morgan fingerprint density at radius 3 is 2.48 bits per heavy atom. The van der Waals surface area contributed by atoms with Crippen molar-refractivity contribution in [3.63, 3.8) is 0 Å². The van der Waals surface area contributed by atoms with E-state index in [9.17, 15) is 27.6 Å². The largest absolute Gasteiger partial charge is 0.472 e. The molecule has 2 aromatic heterocycles. The van der Waals surface area contributed by atoms with Crippen LogP contribution in [0.5, 0.6) is 5.88 Å². The Kier molecular flexibility index (Phi) is 13.2. The molecule has 5 unspecified atom stereocenters. The maximum Gasteiger partial charge on any atom is 0.408 e. The Hall–Kier alpha value is -4.12. The van der Waals surface area contributed by atoms with Gasteiger partial charge in [-0.2, -0.15) is 4.98 Å². The van der Waals surface area contributed by atoms with E-state index in [1.54, 1.807) is 27.7 Å². The number of carbonyl (C=O) groups is 4. The van der Waals surface area contributed by atoms with E-state index in [1.807, 2.05) is 17.5 Å². The first-order valence-electron chi connectivity index (χ1n) is 20.7. The van der Waals surface area contributed by atoms with Crippen LogP contribution in [0.3, 0.4) is 0 Å². The lowest BCUT2D eigenvalue weighted by Gasteiger charge is -2.28. The highest BCUT2D eigenvalue weighted by Gasteiger charge is 2.52. The van der Waals surface area contributed by atoms with Crippen LogP contribution in [0.15, 0.2) is 17.5 Å². The normalized spacial score (nSPS) is 23.0. The van der Waals surface area contributed by atoms with Crippen LogP contribution in [-0.4, -0.2) is 87.2 Å². The predicted molar refractivity (Wildman–Crippen MR) is 219 cm³/mol. The summed E-state index contributed by atoms with van der Waals surface area (Å²) in [6, 6.07) is -1.91. The number of likely N-dealkylation sites (tertiary alicyclic amines) is 1. The van der Waals surface area contributed by atoms with Crippen LogP contribution in [0.25, 0.3) is 10.8 Å². The fraction of sp³-hybridized carbons (Fsp3) is 0.683. The Bertz CT molecular complexity index is 2010. The van der Waals surface area contributed by atoms with Gasteiger partial charge in [-0.3, -0.25) is 19.1 Å². The van der Waals surface area contributed by atoms with Gasteiger partial charge in [-0.05, 0) is 104 Å². The first-order valence-corrected chi connectivity index (χ1v) is 23.0. The van der Waals surface area contributed by atoms with Gasteiger partial charge in [0.05, 0.1) is 22.7 Å². The number of sulfonamides is 1. The number of allylic oxidation sites excluding steroid dienone is 2. The Morgan fingerprint density at radius 2 is 1.81 bits per heavy atom. The second-order valence-electron chi connectivity index (χ2n) is 17.8. The van der Waals surface area contributed by atoms with Crippen molar-refractivity contribution in [1.29, 1.82) is 0 Å². The molecule has 0 bridgehead atoms. The van der Waals surface area contributed by atoms with E-state index in [-0.39, 0.29) is 30.7 Å². The van der Waals surface area contributed by atoms with Gasteiger partial charge in [0.25, 0.3) is 0 Å². The lowest BCUT2D eigenvalue weighted by atomic mass is 9.97. The van der Waals surface area contributed by atoms with Gasteiger partial charge in [-0.1, -0.05) is 38.8 Å². The average molecular weight is 842 g/mol. The van der Waals surface area contributed by atoms with Crippen LogP contribution in [-0.2, 0) is 42.0 Å². The minimum Gasteiger partial charge on any atom is -0.472 e. The number of aromatic nitrogens is 3. The predicted octanol–water partition coefficient (Wildman–Crippen LogP) is 5.47. The van der Waals surface area contributed by atoms with E-state index < -0.39 is 62.4 Å². The molecule has 2 saturated carbocycles. The topological polar surface area (TPSA) is 213 Å². The number of rotatable bonds is 17. The summed E-state index contributed by atoms with van der Waals surface area (Å²) < 4.78 is 38.3. The molecule has 3 aliphatic carbocycles. The highest BCUT2D eigenvalue weighted by molar-refractivity contribution is 7.91. The third-order valence-electron chi connectivity index (χ3n) is 11.4. The number of carbonyl (C=O) groups excluding carboxylic acids is 4. The number of unbranched alkanes of at least 4 members (excludes halogenated alkanes) is 3. The summed E-state index contributed by atoms with van der Waals surface area (Å²) in [5.74, 6) is -0.640. The molecule has 1 saturated heterocycles. The standard InChI is InChI=1S/C41H59N7O8S2/c1-24(2)31-23-57-37(44-31)34-43-29-16-13-12-15-27(29)36(46-34)55-26-21-32(33(42)49)48(22-26)38(51)30(45-39(52)56-40(3,4)5)17-11-9-7-8-10-14-25-20-28(25)35(50)47-58(53,54)41(6)18-19-41/h10,14,23-26,28,30,32H,7-9,11-13,15-22H2,1-6H3,(H2,42,49)(H,45,52)(H,47,50). The zero-order valence-corrected chi connectivity index (χ0v) is 36.2. The third-order valence-corrected chi connectivity index (χ3v) is 14.4. The summed E-state index contributed by atoms with van der Waals surface area (Å²) in [5, 5.41) is 5.48. The summed E-state index contributed by atoms with van der Waals surface area (Å²) >= 11 is 1.49. The second-order valence-corrected chi connectivity index (χ2v) is 20.8. The molecule has 6 rings (SSSR count). The molecule has 1 aliphatic heterocycles. The summed E-state index contributed by atoms with van der Waals surface area (Å²) in [5.41, 5.74) is 7.92. The zero-order chi connectivity index (χ0) is 42.0. The van der Waals surface area contributed by atoms with Gasteiger partial charge in [-0.15, -0.1) is 11.3 Å². The molecule has 0 radical (unpaired) electrons. The molecule has 3 fully saturated rings. The van der Waals surface area contributed by atoms with Crippen molar-refractivity contribution in [2.75, 3.05) is 6.54 Å². The van der Waals surface area contributed by atoms with Crippen molar-refractivity contribution in [3.05, 3.63) is 34.5 Å². The number of nitrogens with two attached hydrogens (primary N) is 1. The average Bonchev–Trinajstić information content (AvgIpc) is 3.98. The molecule has 3 heterocycles. The number of alkyl carbamates (subject to hydrolysis) is 1. The molecule has 17 heteroatoms. The minimum absolute atomic E-state index is 0.0199. The molecule has 15 nitrogen and oxygen atoms in total. The van der Waals surface area contributed by atoms with Gasteiger partial charge >= 0.3 is 6.09 Å². The van der Waals surface area contributed by atoms with Crippen molar-refractivity contribution in [3.8, 4) is 16.7 Å². The maximum atomic E-state index is 14.2. The van der Waals surface area contributed by atoms with Crippen LogP contribution < -0.4 is 20.5 Å². The van der Waals surface area contributed by atoms with Crippen LogP contribution >= 0.6 is 11.3 Å². The Morgan fingerprint density at radius 1 is 1.07 bits per heavy atom. The number of thiazole rings is 1. The van der Waals surface area contributed by atoms with E-state index in [0.29, 0.717) is 48.8 Å². The van der Waals surface area contributed by atoms with Crippen LogP contribution in [0, 0.1) is 11.8 Å². The van der Waals surface area contributed by atoms with E-state index in [4.69, 9.17) is 30.2 Å². The first-order chi connectivity index (χ1) is 27.3. The number of hydrogen-bond acceptors (Lipinski definition) is 12. The Labute approximate surface area is 345 Å². The molecule has 5 atom stereocenters. The van der Waals surface area contributed by atoms with Crippen molar-refractivity contribution in [2.45, 2.75) is 159 Å². The molecule has 4 amide bonds. The van der Waals surface area contributed by atoms with Gasteiger partial charge < -0.3 is 25.4 Å². The summed E-state index contributed by atoms with van der Waals surface area (Å²) in [6.45, 7) is 11.1. The molecule has 4 N–H and O–H groups in total. The molecule has 318 valence electrons. The monoisotopic (exact) mass is 841 g/mol. The lowest BCUT2D eigenvalue weighted by molar-refractivity contribution is -0.139. The van der Waals surface area contributed by atoms with Crippen LogP contribution in [0.2, 0.25) is 0 Å². The number of fused-ring (bicyclic) bond motifs is 1. The van der Waals surface area contributed by atoms with Gasteiger partial charge in [0.2, 0.25) is 33.6 Å². The molecular weight excluding hydrogens is 783 g/mol. The quantitative estimate of drug-likeness (QED) is 0.134. The van der Waals surface area contributed by atoms with Crippen LogP contribution in [0.4, 0.5) is 4.79 Å². The van der Waals surface area contributed by atoms with Gasteiger partial charge in [-0.25, -0.2) is 23.2 Å². The van der Waals surface area contributed by atoms with Crippen molar-refractivity contribution in [2.24, 2.45) is 17.6 Å². The summed E-state index contributed by atoms with van der Waals surface area (Å²) in [6.07, 6.45) is 11.3. The second kappa shape index (κ2) is 17.6. The number of amides is 4. The fourth-order valence-electron chi connectivity index (χ4n) is 7.43.